The molecule has 0 fully saturated rings. The Bertz CT molecular complexity index is 4380. The summed E-state index contributed by atoms with van der Waals surface area (Å²) in [6, 6.07) is 82.5. The molecule has 1 heteroatoms. The van der Waals surface area contributed by atoms with Crippen LogP contribution in [0.4, 0.5) is 0 Å². The zero-order valence-electron chi connectivity index (χ0n) is 34.8. The number of benzene rings is 13. The number of fused-ring (bicyclic) bond motifs is 20. The highest BCUT2D eigenvalue weighted by atomic mass is 15.0. The molecule has 0 bridgehead atoms. The minimum Gasteiger partial charge on any atom is -0.309 e. The van der Waals surface area contributed by atoms with Gasteiger partial charge in [-0.3, -0.25) is 0 Å². The van der Waals surface area contributed by atoms with Gasteiger partial charge in [0.15, 0.2) is 0 Å². The average Bonchev–Trinajstić information content (AvgIpc) is 3.86. The predicted molar refractivity (Wildman–Crippen MR) is 274 cm³/mol. The molecule has 1 aromatic heterocycles. The van der Waals surface area contributed by atoms with E-state index in [4.69, 9.17) is 0 Å². The van der Waals surface area contributed by atoms with Crippen molar-refractivity contribution in [2.75, 3.05) is 0 Å². The van der Waals surface area contributed by atoms with Gasteiger partial charge in [-0.25, -0.2) is 0 Å². The Morgan fingerprint density at radius 3 is 1.41 bits per heavy atom. The molecule has 1 atom stereocenters. The quantitative estimate of drug-likeness (QED) is 0.121. The first-order chi connectivity index (χ1) is 31.7. The fraction of sp³-hybridized carbons (Fsp3) is 0.0159. The van der Waals surface area contributed by atoms with Crippen molar-refractivity contribution in [3.63, 3.8) is 0 Å². The number of para-hydroxylation sites is 1. The van der Waals surface area contributed by atoms with Crippen LogP contribution in [-0.4, -0.2) is 4.57 Å². The molecule has 0 N–H and O–H groups in total. The van der Waals surface area contributed by atoms with Gasteiger partial charge in [-0.15, -0.1) is 0 Å². The van der Waals surface area contributed by atoms with Crippen molar-refractivity contribution in [1.82, 2.24) is 4.57 Å². The van der Waals surface area contributed by atoms with E-state index in [1.807, 2.05) is 0 Å². The summed E-state index contributed by atoms with van der Waals surface area (Å²) in [5.41, 5.74) is 10.4. The van der Waals surface area contributed by atoms with Gasteiger partial charge in [0.2, 0.25) is 0 Å². The smallest absolute Gasteiger partial charge is 0.0547 e. The molecule has 0 saturated heterocycles. The first kappa shape index (κ1) is 34.3. The standard InChI is InChI=1S/C63H37N/c1-2-15-39-31-60-53(29-37(39)13-1)47-21-9-10-23-51(47)63(60)41-25-27-48-52(32-41)43-17-5-7-19-45(43)55-36-58-49-28-26-42(34-54(49)44-18-6-8-20-46(44)56(58)35-57(48)55)64-61-24-12-11-22-50(61)59-30-38-14-3-4-16-40(38)33-62(59)64/h1-36,63H. The number of rotatable bonds is 2. The third-order valence-corrected chi connectivity index (χ3v) is 14.7. The fourth-order valence-electron chi connectivity index (χ4n) is 11.9. The number of nitrogens with zero attached hydrogens (tertiary/aromatic N) is 1. The second-order valence-electron chi connectivity index (χ2n) is 17.9. The molecule has 14 aromatic rings. The van der Waals surface area contributed by atoms with E-state index in [9.17, 15) is 0 Å². The zero-order valence-corrected chi connectivity index (χ0v) is 34.8. The van der Waals surface area contributed by atoms with Crippen LogP contribution in [0.1, 0.15) is 22.6 Å². The van der Waals surface area contributed by atoms with E-state index in [1.54, 1.807) is 0 Å². The van der Waals surface area contributed by atoms with Gasteiger partial charge < -0.3 is 4.57 Å². The minimum absolute atomic E-state index is 0.160. The lowest BCUT2D eigenvalue weighted by atomic mass is 9.85. The summed E-state index contributed by atoms with van der Waals surface area (Å²) < 4.78 is 2.47. The number of hydrogen-bond donors (Lipinski definition) is 0. The highest BCUT2D eigenvalue weighted by molar-refractivity contribution is 6.33. The van der Waals surface area contributed by atoms with Gasteiger partial charge in [0.1, 0.15) is 0 Å². The second kappa shape index (κ2) is 12.7. The van der Waals surface area contributed by atoms with Crippen LogP contribution < -0.4 is 0 Å². The van der Waals surface area contributed by atoms with Crippen LogP contribution in [0, 0.1) is 0 Å². The molecule has 1 unspecified atom stereocenters. The van der Waals surface area contributed by atoms with Gasteiger partial charge in [0, 0.05) is 22.4 Å². The summed E-state index contributed by atoms with van der Waals surface area (Å²) in [6.07, 6.45) is 0. The molecule has 0 radical (unpaired) electrons. The molecule has 1 aliphatic rings. The first-order valence-corrected chi connectivity index (χ1v) is 22.4. The van der Waals surface area contributed by atoms with Crippen LogP contribution in [0.2, 0.25) is 0 Å². The van der Waals surface area contributed by atoms with Crippen molar-refractivity contribution in [3.05, 3.63) is 235 Å². The molecule has 0 saturated carbocycles. The molecule has 1 nitrogen and oxygen atoms in total. The summed E-state index contributed by atoms with van der Waals surface area (Å²) in [4.78, 5) is 0. The van der Waals surface area contributed by atoms with Gasteiger partial charge in [-0.1, -0.05) is 158 Å². The van der Waals surface area contributed by atoms with Gasteiger partial charge in [0.25, 0.3) is 0 Å². The van der Waals surface area contributed by atoms with E-state index < -0.39 is 0 Å². The molecule has 1 heterocycles. The molecule has 13 aromatic carbocycles. The summed E-state index contributed by atoms with van der Waals surface area (Å²) in [6.45, 7) is 0. The Hall–Kier alpha value is -8.26. The van der Waals surface area contributed by atoms with Crippen LogP contribution in [0.3, 0.4) is 0 Å². The monoisotopic (exact) mass is 807 g/mol. The van der Waals surface area contributed by atoms with Crippen molar-refractivity contribution >= 4 is 108 Å². The highest BCUT2D eigenvalue weighted by Crippen LogP contribution is 2.51. The third kappa shape index (κ3) is 4.63. The number of aromatic nitrogens is 1. The maximum absolute atomic E-state index is 2.50. The van der Waals surface area contributed by atoms with Gasteiger partial charge in [-0.2, -0.15) is 0 Å². The lowest BCUT2D eigenvalue weighted by molar-refractivity contribution is 1.02. The average molecular weight is 808 g/mol. The van der Waals surface area contributed by atoms with Crippen LogP contribution >= 0.6 is 0 Å². The van der Waals surface area contributed by atoms with Crippen molar-refractivity contribution in [1.29, 1.82) is 0 Å². The number of hydrogen-bond acceptors (Lipinski definition) is 0. The van der Waals surface area contributed by atoms with E-state index in [-0.39, 0.29) is 5.92 Å². The van der Waals surface area contributed by atoms with E-state index in [2.05, 4.69) is 223 Å². The Balaban J connectivity index is 0.979. The summed E-state index contributed by atoms with van der Waals surface area (Å²) in [5.74, 6) is 0.160. The first-order valence-electron chi connectivity index (χ1n) is 22.4. The largest absolute Gasteiger partial charge is 0.309 e. The molecule has 0 spiro atoms. The van der Waals surface area contributed by atoms with E-state index in [0.717, 1.165) is 0 Å². The Morgan fingerprint density at radius 1 is 0.250 bits per heavy atom. The molecule has 294 valence electrons. The molecule has 0 amide bonds. The van der Waals surface area contributed by atoms with Gasteiger partial charge in [0.05, 0.1) is 11.0 Å². The third-order valence-electron chi connectivity index (χ3n) is 14.7. The molecular formula is C63H37N. The van der Waals surface area contributed by atoms with Crippen LogP contribution in [0.15, 0.2) is 218 Å². The van der Waals surface area contributed by atoms with Crippen LogP contribution in [0.5, 0.6) is 0 Å². The summed E-state index contributed by atoms with van der Waals surface area (Å²) in [7, 11) is 0. The van der Waals surface area contributed by atoms with Crippen LogP contribution in [-0.2, 0) is 0 Å². The second-order valence-corrected chi connectivity index (χ2v) is 17.9. The Kier molecular flexibility index (Phi) is 6.79. The Labute approximate surface area is 368 Å². The topological polar surface area (TPSA) is 4.93 Å². The SMILES string of the molecule is c1ccc2c(c1)-c1cc3ccccc3cc1C2c1ccc2c(c1)c1ccccc1c1cc3c4ccc(-n5c6ccccc6c6cc7ccccc7cc65)cc4c4ccccc4c3cc21. The molecule has 64 heavy (non-hydrogen) atoms. The van der Waals surface area contributed by atoms with Crippen molar-refractivity contribution < 1.29 is 0 Å². The van der Waals surface area contributed by atoms with Crippen molar-refractivity contribution in [2.45, 2.75) is 5.92 Å². The maximum atomic E-state index is 2.50. The zero-order chi connectivity index (χ0) is 41.6. The molecule has 1 aliphatic carbocycles. The normalized spacial score (nSPS) is 13.8. The van der Waals surface area contributed by atoms with Crippen molar-refractivity contribution in [2.24, 2.45) is 0 Å². The highest BCUT2D eigenvalue weighted by Gasteiger charge is 2.30. The van der Waals surface area contributed by atoms with Gasteiger partial charge >= 0.3 is 0 Å². The molecule has 0 aliphatic heterocycles. The van der Waals surface area contributed by atoms with E-state index >= 15 is 0 Å². The summed E-state index contributed by atoms with van der Waals surface area (Å²) in [5, 5.41) is 23.1. The minimum atomic E-state index is 0.160. The summed E-state index contributed by atoms with van der Waals surface area (Å²) >= 11 is 0. The van der Waals surface area contributed by atoms with E-state index in [1.165, 1.54) is 141 Å². The van der Waals surface area contributed by atoms with Crippen LogP contribution in [0.25, 0.3) is 125 Å². The maximum Gasteiger partial charge on any atom is 0.0547 e. The van der Waals surface area contributed by atoms with Gasteiger partial charge in [-0.05, 0) is 175 Å². The fourth-order valence-corrected chi connectivity index (χ4v) is 11.9. The Morgan fingerprint density at radius 2 is 0.734 bits per heavy atom. The lowest BCUT2D eigenvalue weighted by Crippen LogP contribution is -1.99. The molecular weight excluding hydrogens is 771 g/mol. The van der Waals surface area contributed by atoms with Crippen molar-refractivity contribution in [3.8, 4) is 16.8 Å². The predicted octanol–water partition coefficient (Wildman–Crippen LogP) is 17.2. The van der Waals surface area contributed by atoms with E-state index in [0.29, 0.717) is 0 Å². The molecule has 15 rings (SSSR count). The lowest BCUT2D eigenvalue weighted by Gasteiger charge is -2.19.